The van der Waals surface area contributed by atoms with E-state index < -0.39 is 6.29 Å². The summed E-state index contributed by atoms with van der Waals surface area (Å²) in [6.45, 7) is 6.68. The Morgan fingerprint density at radius 3 is 2.29 bits per heavy atom. The lowest BCUT2D eigenvalue weighted by Crippen LogP contribution is -2.31. The number of nitrogens with one attached hydrogen (secondary N) is 1. The Kier molecular flexibility index (Phi) is 7.27. The number of hydrazone groups is 1. The second kappa shape index (κ2) is 7.66. The topological polar surface area (TPSA) is 68.9 Å². The van der Waals surface area contributed by atoms with Crippen LogP contribution in [0.2, 0.25) is 0 Å². The molecule has 0 aromatic carbocycles. The number of nitrogens with zero attached hydrogens (tertiary/aromatic N) is 1. The SMILES string of the molecule is CCOC(OCC)C(C)=NNC(N)=S. The Morgan fingerprint density at radius 2 is 1.93 bits per heavy atom. The number of thiocarbonyl (C=S) groups is 1. The molecule has 0 bridgehead atoms. The number of ether oxygens (including phenoxy) is 2. The van der Waals surface area contributed by atoms with Crippen molar-refractivity contribution >= 4 is 23.0 Å². The van der Waals surface area contributed by atoms with Gasteiger partial charge in [0.15, 0.2) is 11.4 Å². The standard InChI is InChI=1S/C8H17N3O2S/c1-4-12-7(13-5-2)6(3)10-11-8(9)14/h7H,4-5H2,1-3H3,(H3,9,11,14). The molecule has 3 N–H and O–H groups in total. The van der Waals surface area contributed by atoms with Gasteiger partial charge in [0.05, 0.1) is 5.71 Å². The molecule has 6 heteroatoms. The Bertz CT molecular complexity index is 203. The number of rotatable bonds is 6. The van der Waals surface area contributed by atoms with Crippen LogP contribution in [0, 0.1) is 0 Å². The predicted molar refractivity (Wildman–Crippen MR) is 60.1 cm³/mol. The minimum atomic E-state index is -0.438. The van der Waals surface area contributed by atoms with Gasteiger partial charge in [-0.25, -0.2) is 0 Å². The highest BCUT2D eigenvalue weighted by molar-refractivity contribution is 7.80. The first kappa shape index (κ1) is 13.3. The second-order valence-corrected chi connectivity index (χ2v) is 2.91. The van der Waals surface area contributed by atoms with Crippen molar-refractivity contribution in [2.75, 3.05) is 13.2 Å². The van der Waals surface area contributed by atoms with Gasteiger partial charge in [-0.1, -0.05) is 0 Å². The van der Waals surface area contributed by atoms with Crippen molar-refractivity contribution in [1.82, 2.24) is 5.43 Å². The highest BCUT2D eigenvalue weighted by Gasteiger charge is 2.11. The lowest BCUT2D eigenvalue weighted by molar-refractivity contribution is -0.0904. The molecule has 82 valence electrons. The smallest absolute Gasteiger partial charge is 0.198 e. The summed E-state index contributed by atoms with van der Waals surface area (Å²) in [4.78, 5) is 0. The summed E-state index contributed by atoms with van der Waals surface area (Å²) < 4.78 is 10.6. The molecule has 0 aromatic rings. The van der Waals surface area contributed by atoms with Gasteiger partial charge in [-0.05, 0) is 33.0 Å². The molecule has 0 aromatic heterocycles. The molecule has 0 aliphatic heterocycles. The van der Waals surface area contributed by atoms with Crippen LogP contribution in [0.1, 0.15) is 20.8 Å². The minimum Gasteiger partial charge on any atom is -0.375 e. The van der Waals surface area contributed by atoms with Crippen LogP contribution in [-0.4, -0.2) is 30.3 Å². The Morgan fingerprint density at radius 1 is 1.43 bits per heavy atom. The van der Waals surface area contributed by atoms with E-state index in [1.54, 1.807) is 6.92 Å². The van der Waals surface area contributed by atoms with E-state index in [-0.39, 0.29) is 5.11 Å². The van der Waals surface area contributed by atoms with Gasteiger partial charge in [-0.15, -0.1) is 0 Å². The van der Waals surface area contributed by atoms with E-state index >= 15 is 0 Å². The summed E-state index contributed by atoms with van der Waals surface area (Å²) in [6, 6.07) is 0. The van der Waals surface area contributed by atoms with Crippen molar-refractivity contribution in [2.45, 2.75) is 27.1 Å². The number of hydrogen-bond donors (Lipinski definition) is 2. The van der Waals surface area contributed by atoms with E-state index in [9.17, 15) is 0 Å². The van der Waals surface area contributed by atoms with Crippen LogP contribution in [-0.2, 0) is 9.47 Å². The van der Waals surface area contributed by atoms with E-state index in [0.29, 0.717) is 18.9 Å². The molecule has 0 unspecified atom stereocenters. The van der Waals surface area contributed by atoms with Gasteiger partial charge in [0, 0.05) is 13.2 Å². The van der Waals surface area contributed by atoms with Gasteiger partial charge in [-0.3, -0.25) is 5.43 Å². The molecule has 0 atom stereocenters. The van der Waals surface area contributed by atoms with Crippen LogP contribution in [0.4, 0.5) is 0 Å². The van der Waals surface area contributed by atoms with Crippen molar-refractivity contribution in [2.24, 2.45) is 10.8 Å². The van der Waals surface area contributed by atoms with Crippen LogP contribution in [0.15, 0.2) is 5.10 Å². The van der Waals surface area contributed by atoms with E-state index in [0.717, 1.165) is 0 Å². The zero-order valence-corrected chi connectivity index (χ0v) is 9.56. The zero-order valence-electron chi connectivity index (χ0n) is 8.74. The Balaban J connectivity index is 4.17. The Hall–Kier alpha value is -0.720. The molecule has 0 heterocycles. The number of nitrogens with two attached hydrogens (primary N) is 1. The van der Waals surface area contributed by atoms with Gasteiger partial charge in [0.25, 0.3) is 0 Å². The quantitative estimate of drug-likeness (QED) is 0.296. The van der Waals surface area contributed by atoms with Crippen molar-refractivity contribution in [1.29, 1.82) is 0 Å². The zero-order chi connectivity index (χ0) is 11.0. The first-order valence-electron chi connectivity index (χ1n) is 4.44. The van der Waals surface area contributed by atoms with Gasteiger partial charge >= 0.3 is 0 Å². The lowest BCUT2D eigenvalue weighted by atomic mass is 10.4. The highest BCUT2D eigenvalue weighted by Crippen LogP contribution is 1.97. The van der Waals surface area contributed by atoms with Gasteiger partial charge < -0.3 is 15.2 Å². The average molecular weight is 219 g/mol. The third kappa shape index (κ3) is 5.85. The Labute approximate surface area is 89.6 Å². The maximum atomic E-state index is 5.30. The van der Waals surface area contributed by atoms with E-state index in [2.05, 4.69) is 22.7 Å². The fourth-order valence-corrected chi connectivity index (χ4v) is 0.834. The second-order valence-electron chi connectivity index (χ2n) is 2.47. The first-order chi connectivity index (χ1) is 6.61. The molecule has 5 nitrogen and oxygen atoms in total. The van der Waals surface area contributed by atoms with Crippen LogP contribution >= 0.6 is 12.2 Å². The number of hydrogen-bond acceptors (Lipinski definition) is 4. The summed E-state index contributed by atoms with van der Waals surface area (Å²) in [6.07, 6.45) is -0.438. The van der Waals surface area contributed by atoms with Crippen molar-refractivity contribution < 1.29 is 9.47 Å². The normalized spacial score (nSPS) is 11.9. The summed E-state index contributed by atoms with van der Waals surface area (Å²) in [5.41, 5.74) is 8.35. The molecular weight excluding hydrogens is 202 g/mol. The van der Waals surface area contributed by atoms with Gasteiger partial charge in [0.2, 0.25) is 0 Å². The van der Waals surface area contributed by atoms with Crippen molar-refractivity contribution in [3.8, 4) is 0 Å². The monoisotopic (exact) mass is 219 g/mol. The van der Waals surface area contributed by atoms with Crippen LogP contribution in [0.25, 0.3) is 0 Å². The fraction of sp³-hybridized carbons (Fsp3) is 0.750. The highest BCUT2D eigenvalue weighted by atomic mass is 32.1. The van der Waals surface area contributed by atoms with Crippen molar-refractivity contribution in [3.63, 3.8) is 0 Å². The minimum absolute atomic E-state index is 0.121. The molecule has 0 fully saturated rings. The van der Waals surface area contributed by atoms with Gasteiger partial charge in [0.1, 0.15) is 0 Å². The molecule has 0 radical (unpaired) electrons. The average Bonchev–Trinajstić information content (AvgIpc) is 2.14. The summed E-state index contributed by atoms with van der Waals surface area (Å²) >= 11 is 4.61. The molecular formula is C8H17N3O2S. The molecule has 0 saturated heterocycles. The molecule has 14 heavy (non-hydrogen) atoms. The maximum absolute atomic E-state index is 5.30. The summed E-state index contributed by atoms with van der Waals surface area (Å²) in [7, 11) is 0. The molecule has 0 rings (SSSR count). The van der Waals surface area contributed by atoms with E-state index in [1.165, 1.54) is 0 Å². The van der Waals surface area contributed by atoms with Crippen LogP contribution in [0.3, 0.4) is 0 Å². The van der Waals surface area contributed by atoms with Crippen molar-refractivity contribution in [3.05, 3.63) is 0 Å². The molecule has 0 saturated carbocycles. The van der Waals surface area contributed by atoms with E-state index in [4.69, 9.17) is 15.2 Å². The largest absolute Gasteiger partial charge is 0.375 e. The predicted octanol–water partition coefficient (Wildman–Crippen LogP) is 0.595. The third-order valence-electron chi connectivity index (χ3n) is 1.32. The fourth-order valence-electron chi connectivity index (χ4n) is 0.788. The summed E-state index contributed by atoms with van der Waals surface area (Å²) in [5, 5.41) is 4.03. The van der Waals surface area contributed by atoms with Crippen LogP contribution < -0.4 is 11.2 Å². The van der Waals surface area contributed by atoms with E-state index in [1.807, 2.05) is 13.8 Å². The molecule has 0 amide bonds. The maximum Gasteiger partial charge on any atom is 0.198 e. The van der Waals surface area contributed by atoms with Crippen LogP contribution in [0.5, 0.6) is 0 Å². The molecule has 0 spiro atoms. The molecule has 0 aliphatic carbocycles. The van der Waals surface area contributed by atoms with Gasteiger partial charge in [-0.2, -0.15) is 5.10 Å². The lowest BCUT2D eigenvalue weighted by Gasteiger charge is -2.16. The summed E-state index contributed by atoms with van der Waals surface area (Å²) in [5.74, 6) is 0. The first-order valence-corrected chi connectivity index (χ1v) is 4.85. The molecule has 0 aliphatic rings. The third-order valence-corrected chi connectivity index (χ3v) is 1.41.